The van der Waals surface area contributed by atoms with Crippen LogP contribution in [0.4, 0.5) is 0 Å². The molecule has 6 rings (SSSR count). The summed E-state index contributed by atoms with van der Waals surface area (Å²) in [6, 6.07) is 24.5. The number of ether oxygens (including phenoxy) is 1. The monoisotopic (exact) mass is 598 g/mol. The van der Waals surface area contributed by atoms with E-state index in [0.717, 1.165) is 11.1 Å². The van der Waals surface area contributed by atoms with Gasteiger partial charge in [-0.05, 0) is 56.3 Å². The molecule has 6 aromatic rings. The Morgan fingerprint density at radius 1 is 0.643 bits per heavy atom. The van der Waals surface area contributed by atoms with E-state index >= 15 is 0 Å². The molecule has 0 amide bonds. The number of aromatic nitrogens is 2. The average molecular weight is 599 g/mol. The number of hydrogen-bond donors (Lipinski definition) is 2. The maximum atomic E-state index is 14.2. The molecule has 8 nitrogen and oxygen atoms in total. The minimum atomic E-state index is -4.17. The highest BCUT2D eigenvalue weighted by Crippen LogP contribution is 2.45. The Bertz CT molecular complexity index is 2230. The Hall–Kier alpha value is -4.67. The van der Waals surface area contributed by atoms with Crippen LogP contribution in [0.2, 0.25) is 0 Å². The summed E-state index contributed by atoms with van der Waals surface area (Å²) in [6.45, 7) is 3.71. The van der Waals surface area contributed by atoms with Crippen LogP contribution in [0.3, 0.4) is 0 Å². The van der Waals surface area contributed by atoms with Gasteiger partial charge in [-0.1, -0.05) is 59.7 Å². The Morgan fingerprint density at radius 2 is 1.21 bits per heavy atom. The lowest BCUT2D eigenvalue weighted by atomic mass is 10.0. The number of methoxy groups -OCH3 is 1. The molecule has 0 atom stereocenters. The number of aromatic amines is 2. The highest BCUT2D eigenvalue weighted by Gasteiger charge is 2.34. The molecule has 2 heterocycles. The highest BCUT2D eigenvalue weighted by atomic mass is 32.2. The van der Waals surface area contributed by atoms with Crippen LogP contribution in [0, 0.1) is 13.8 Å². The van der Waals surface area contributed by atoms with Gasteiger partial charge in [0, 0.05) is 32.9 Å². The van der Waals surface area contributed by atoms with Crippen LogP contribution in [-0.2, 0) is 24.4 Å². The maximum Gasteiger partial charge on any atom is 0.355 e. The van der Waals surface area contributed by atoms with E-state index in [-0.39, 0.29) is 41.9 Å². The number of hydrogen-bond acceptors (Lipinski definition) is 6. The van der Waals surface area contributed by atoms with Gasteiger partial charge in [0.15, 0.2) is 0 Å². The summed E-state index contributed by atoms with van der Waals surface area (Å²) in [7, 11) is -7.06. The first kappa shape index (κ1) is 27.5. The van der Waals surface area contributed by atoms with Crippen molar-refractivity contribution in [2.45, 2.75) is 33.6 Å². The summed E-state index contributed by atoms with van der Waals surface area (Å²) in [6.07, 6.45) is 0. The molecular formula is C32H26N2O6S2. The predicted molar refractivity (Wildman–Crippen MR) is 160 cm³/mol. The minimum Gasteiger partial charge on any atom is -0.464 e. The van der Waals surface area contributed by atoms with Crippen molar-refractivity contribution in [1.29, 1.82) is 0 Å². The lowest BCUT2D eigenvalue weighted by Gasteiger charge is -2.12. The predicted octanol–water partition coefficient (Wildman–Crippen LogP) is 6.39. The summed E-state index contributed by atoms with van der Waals surface area (Å²) in [5.41, 5.74) is 2.85. The standard InChI is InChI=1S/C32H26N2O6S2/c1-19-11-15-21(16-12-19)41(36,37)26-10-6-9-25-28(26)29(30(33-25)32(35)40-3)27-23-7-4-5-8-24(23)34-31(27)42(38,39)22-17-13-20(2)14-18-22/h4-18,33-34H,1-3H3. The molecule has 212 valence electrons. The third-order valence-corrected chi connectivity index (χ3v) is 10.9. The molecule has 10 heteroatoms. The first-order valence-electron chi connectivity index (χ1n) is 13.0. The number of esters is 1. The molecule has 0 fully saturated rings. The molecule has 2 N–H and O–H groups in total. The fourth-order valence-corrected chi connectivity index (χ4v) is 8.13. The fraction of sp³-hybridized carbons (Fsp3) is 0.0938. The normalized spacial score (nSPS) is 12.2. The van der Waals surface area contributed by atoms with Crippen molar-refractivity contribution in [3.05, 3.63) is 108 Å². The summed E-state index contributed by atoms with van der Waals surface area (Å²) >= 11 is 0. The van der Waals surface area contributed by atoms with Gasteiger partial charge >= 0.3 is 5.97 Å². The first-order chi connectivity index (χ1) is 20.0. The van der Waals surface area contributed by atoms with E-state index in [1.165, 1.54) is 37.4 Å². The SMILES string of the molecule is COC(=O)c1[nH]c2cccc(S(=O)(=O)c3ccc(C)cc3)c2c1-c1c(S(=O)(=O)c2ccc(C)cc2)[nH]c2ccccc12. The van der Waals surface area contributed by atoms with Crippen molar-refractivity contribution in [3.8, 4) is 11.1 Å². The van der Waals surface area contributed by atoms with E-state index in [2.05, 4.69) is 9.97 Å². The second kappa shape index (κ2) is 10.0. The Labute approximate surface area is 242 Å². The van der Waals surface area contributed by atoms with Gasteiger partial charge in [0.05, 0.1) is 21.8 Å². The van der Waals surface area contributed by atoms with E-state index in [0.29, 0.717) is 16.4 Å². The van der Waals surface area contributed by atoms with Gasteiger partial charge in [-0.3, -0.25) is 0 Å². The van der Waals surface area contributed by atoms with Crippen LogP contribution >= 0.6 is 0 Å². The zero-order chi connectivity index (χ0) is 29.8. The quantitative estimate of drug-likeness (QED) is 0.214. The Balaban J connectivity index is 1.76. The van der Waals surface area contributed by atoms with Gasteiger partial charge in [0.1, 0.15) is 10.7 Å². The third-order valence-electron chi connectivity index (χ3n) is 7.32. The topological polar surface area (TPSA) is 126 Å². The number of aryl methyl sites for hydroxylation is 2. The molecule has 2 aromatic heterocycles. The van der Waals surface area contributed by atoms with Crippen LogP contribution in [0.25, 0.3) is 32.9 Å². The van der Waals surface area contributed by atoms with E-state index < -0.39 is 25.6 Å². The van der Waals surface area contributed by atoms with Crippen molar-refractivity contribution in [2.75, 3.05) is 7.11 Å². The largest absolute Gasteiger partial charge is 0.464 e. The molecule has 0 radical (unpaired) electrons. The van der Waals surface area contributed by atoms with Crippen molar-refractivity contribution in [3.63, 3.8) is 0 Å². The van der Waals surface area contributed by atoms with Crippen LogP contribution in [0.5, 0.6) is 0 Å². The summed E-state index contributed by atoms with van der Waals surface area (Å²) in [5, 5.41) is 0.515. The molecule has 0 bridgehead atoms. The zero-order valence-corrected chi connectivity index (χ0v) is 24.6. The summed E-state index contributed by atoms with van der Waals surface area (Å²) in [4.78, 5) is 19.3. The average Bonchev–Trinajstić information content (AvgIpc) is 3.56. The van der Waals surface area contributed by atoms with Gasteiger partial charge in [0.25, 0.3) is 0 Å². The summed E-state index contributed by atoms with van der Waals surface area (Å²) in [5.74, 6) is -0.774. The number of carbonyl (C=O) groups is 1. The number of para-hydroxylation sites is 1. The van der Waals surface area contributed by atoms with E-state index in [1.807, 2.05) is 13.8 Å². The van der Waals surface area contributed by atoms with Crippen molar-refractivity contribution in [1.82, 2.24) is 9.97 Å². The lowest BCUT2D eigenvalue weighted by Crippen LogP contribution is -2.08. The molecular weight excluding hydrogens is 572 g/mol. The van der Waals surface area contributed by atoms with Gasteiger partial charge in [-0.25, -0.2) is 21.6 Å². The molecule has 0 saturated heterocycles. The molecule has 0 unspecified atom stereocenters. The van der Waals surface area contributed by atoms with Gasteiger partial charge in [0.2, 0.25) is 19.7 Å². The Kier molecular flexibility index (Phi) is 6.55. The number of H-pyrrole nitrogens is 2. The van der Waals surface area contributed by atoms with E-state index in [9.17, 15) is 21.6 Å². The molecule has 0 aliphatic heterocycles. The van der Waals surface area contributed by atoms with Gasteiger partial charge in [-0.15, -0.1) is 0 Å². The van der Waals surface area contributed by atoms with Crippen molar-refractivity contribution >= 4 is 47.4 Å². The molecule has 42 heavy (non-hydrogen) atoms. The highest BCUT2D eigenvalue weighted by molar-refractivity contribution is 7.92. The van der Waals surface area contributed by atoms with Crippen LogP contribution in [-0.4, -0.2) is 39.9 Å². The van der Waals surface area contributed by atoms with Crippen molar-refractivity contribution < 1.29 is 26.4 Å². The number of carbonyl (C=O) groups excluding carboxylic acids is 1. The van der Waals surface area contributed by atoms with Gasteiger partial charge in [-0.2, -0.15) is 0 Å². The lowest BCUT2D eigenvalue weighted by molar-refractivity contribution is 0.0596. The van der Waals surface area contributed by atoms with Crippen LogP contribution in [0.15, 0.2) is 111 Å². The summed E-state index contributed by atoms with van der Waals surface area (Å²) < 4.78 is 61.6. The maximum absolute atomic E-state index is 14.2. The van der Waals surface area contributed by atoms with Crippen LogP contribution < -0.4 is 0 Å². The smallest absolute Gasteiger partial charge is 0.355 e. The molecule has 0 aliphatic carbocycles. The fourth-order valence-electron chi connectivity index (χ4n) is 5.19. The third kappa shape index (κ3) is 4.31. The molecule has 0 saturated carbocycles. The van der Waals surface area contributed by atoms with Crippen molar-refractivity contribution in [2.24, 2.45) is 0 Å². The number of sulfone groups is 2. The number of nitrogens with one attached hydrogen (secondary N) is 2. The second-order valence-electron chi connectivity index (χ2n) is 10.1. The molecule has 0 spiro atoms. The first-order valence-corrected chi connectivity index (χ1v) is 16.0. The van der Waals surface area contributed by atoms with E-state index in [1.54, 1.807) is 60.7 Å². The minimum absolute atomic E-state index is 0.0489. The van der Waals surface area contributed by atoms with Gasteiger partial charge < -0.3 is 14.7 Å². The second-order valence-corrected chi connectivity index (χ2v) is 13.9. The van der Waals surface area contributed by atoms with Crippen LogP contribution in [0.1, 0.15) is 21.6 Å². The number of fused-ring (bicyclic) bond motifs is 2. The number of benzene rings is 4. The zero-order valence-electron chi connectivity index (χ0n) is 22.9. The molecule has 4 aromatic carbocycles. The molecule has 0 aliphatic rings. The Morgan fingerprint density at radius 3 is 1.83 bits per heavy atom. The van der Waals surface area contributed by atoms with E-state index in [4.69, 9.17) is 4.74 Å². The number of rotatable bonds is 6.